The summed E-state index contributed by atoms with van der Waals surface area (Å²) in [5.41, 5.74) is 3.25. The summed E-state index contributed by atoms with van der Waals surface area (Å²) in [5.74, 6) is 0.143. The molecule has 0 spiro atoms. The fourth-order valence-corrected chi connectivity index (χ4v) is 4.09. The molecule has 0 unspecified atom stereocenters. The lowest BCUT2D eigenvalue weighted by atomic mass is 10.1. The van der Waals surface area contributed by atoms with Gasteiger partial charge in [-0.2, -0.15) is 0 Å². The van der Waals surface area contributed by atoms with Crippen LogP contribution in [0.25, 0.3) is 21.8 Å². The van der Waals surface area contributed by atoms with E-state index in [-0.39, 0.29) is 18.1 Å². The summed E-state index contributed by atoms with van der Waals surface area (Å²) in [6.07, 6.45) is 0. The van der Waals surface area contributed by atoms with Crippen molar-refractivity contribution < 1.29 is 18.7 Å². The zero-order valence-corrected chi connectivity index (χ0v) is 19.2. The van der Waals surface area contributed by atoms with E-state index in [2.05, 4.69) is 20.6 Å². The molecule has 8 heteroatoms. The van der Waals surface area contributed by atoms with Crippen LogP contribution in [0.4, 0.5) is 15.8 Å². The maximum absolute atomic E-state index is 14.2. The molecule has 0 aliphatic rings. The van der Waals surface area contributed by atoms with E-state index in [1.807, 2.05) is 24.3 Å². The predicted molar refractivity (Wildman–Crippen MR) is 135 cm³/mol. The molecule has 0 fully saturated rings. The third kappa shape index (κ3) is 4.21. The molecule has 176 valence electrons. The number of nitrogens with zero attached hydrogens (tertiary/aromatic N) is 1. The summed E-state index contributed by atoms with van der Waals surface area (Å²) in [4.78, 5) is 21.4. The van der Waals surface area contributed by atoms with Crippen molar-refractivity contribution in [3.05, 3.63) is 90.0 Å². The van der Waals surface area contributed by atoms with Gasteiger partial charge in [-0.3, -0.25) is 4.79 Å². The summed E-state index contributed by atoms with van der Waals surface area (Å²) >= 11 is 0. The first kappa shape index (κ1) is 22.2. The van der Waals surface area contributed by atoms with Crippen molar-refractivity contribution in [3.8, 4) is 11.5 Å². The number of ether oxygens (including phenoxy) is 2. The molecule has 0 saturated heterocycles. The Bertz CT molecular complexity index is 1520. The molecule has 7 nitrogen and oxygen atoms in total. The van der Waals surface area contributed by atoms with Crippen LogP contribution in [-0.4, -0.2) is 30.1 Å². The van der Waals surface area contributed by atoms with E-state index in [1.54, 1.807) is 42.5 Å². The van der Waals surface area contributed by atoms with Crippen LogP contribution in [-0.2, 0) is 6.54 Å². The van der Waals surface area contributed by atoms with Crippen molar-refractivity contribution >= 4 is 39.1 Å². The molecule has 0 saturated carbocycles. The molecule has 0 radical (unpaired) electrons. The molecule has 0 aliphatic carbocycles. The summed E-state index contributed by atoms with van der Waals surface area (Å²) in [6.45, 7) is 0.212. The van der Waals surface area contributed by atoms with E-state index in [9.17, 15) is 9.18 Å². The molecule has 35 heavy (non-hydrogen) atoms. The molecule has 3 aromatic carbocycles. The van der Waals surface area contributed by atoms with Gasteiger partial charge in [0, 0.05) is 16.3 Å². The Morgan fingerprint density at radius 3 is 2.40 bits per heavy atom. The van der Waals surface area contributed by atoms with E-state index in [0.717, 1.165) is 21.8 Å². The Hall–Kier alpha value is -4.59. The quantitative estimate of drug-likeness (QED) is 0.282. The molecule has 1 amide bonds. The molecule has 3 N–H and O–H groups in total. The number of rotatable bonds is 7. The lowest BCUT2D eigenvalue weighted by Gasteiger charge is -2.14. The zero-order valence-electron chi connectivity index (χ0n) is 19.2. The molecule has 2 heterocycles. The van der Waals surface area contributed by atoms with Crippen LogP contribution in [0, 0.1) is 5.82 Å². The van der Waals surface area contributed by atoms with Crippen LogP contribution in [0.1, 0.15) is 16.2 Å². The smallest absolute Gasteiger partial charge is 0.274 e. The SMILES string of the molecule is COc1cccc(OC)c1NC(=O)c1cc2c([nH]c3ccccc32)c(CNc2ccccc2F)n1. The van der Waals surface area contributed by atoms with Gasteiger partial charge in [0.1, 0.15) is 28.7 Å². The fourth-order valence-electron chi connectivity index (χ4n) is 4.09. The predicted octanol–water partition coefficient (Wildman–Crippen LogP) is 5.74. The highest BCUT2D eigenvalue weighted by Crippen LogP contribution is 2.35. The van der Waals surface area contributed by atoms with E-state index in [0.29, 0.717) is 28.6 Å². The Morgan fingerprint density at radius 1 is 0.943 bits per heavy atom. The van der Waals surface area contributed by atoms with Gasteiger partial charge in [-0.25, -0.2) is 9.37 Å². The zero-order chi connectivity index (χ0) is 24.4. The van der Waals surface area contributed by atoms with Gasteiger partial charge in [0.05, 0.1) is 37.7 Å². The number of aromatic amines is 1. The largest absolute Gasteiger partial charge is 0.494 e. The second kappa shape index (κ2) is 9.34. The number of nitrogens with one attached hydrogen (secondary N) is 3. The summed E-state index contributed by atoms with van der Waals surface area (Å²) in [5, 5.41) is 7.76. The number of pyridine rings is 1. The van der Waals surface area contributed by atoms with Gasteiger partial charge in [0.15, 0.2) is 0 Å². The molecular formula is C27H23FN4O3. The summed E-state index contributed by atoms with van der Waals surface area (Å²) in [6, 6.07) is 21.2. The number of amides is 1. The first-order valence-corrected chi connectivity index (χ1v) is 11.0. The van der Waals surface area contributed by atoms with E-state index >= 15 is 0 Å². The van der Waals surface area contributed by atoms with Crippen molar-refractivity contribution in [2.24, 2.45) is 0 Å². The van der Waals surface area contributed by atoms with Crippen molar-refractivity contribution in [2.75, 3.05) is 24.9 Å². The van der Waals surface area contributed by atoms with Gasteiger partial charge in [-0.1, -0.05) is 36.4 Å². The van der Waals surface area contributed by atoms with Crippen LogP contribution >= 0.6 is 0 Å². The van der Waals surface area contributed by atoms with Crippen LogP contribution in [0.15, 0.2) is 72.8 Å². The number of halogens is 1. The van der Waals surface area contributed by atoms with E-state index in [4.69, 9.17) is 9.47 Å². The lowest BCUT2D eigenvalue weighted by molar-refractivity contribution is 0.102. The average molecular weight is 471 g/mol. The maximum atomic E-state index is 14.2. The highest BCUT2D eigenvalue weighted by Gasteiger charge is 2.19. The number of fused-ring (bicyclic) bond motifs is 3. The Kier molecular flexibility index (Phi) is 5.93. The van der Waals surface area contributed by atoms with Crippen molar-refractivity contribution in [1.82, 2.24) is 9.97 Å². The number of carbonyl (C=O) groups is 1. The number of anilines is 2. The molecule has 2 aromatic heterocycles. The number of benzene rings is 3. The van der Waals surface area contributed by atoms with Gasteiger partial charge in [-0.15, -0.1) is 0 Å². The Morgan fingerprint density at radius 2 is 1.66 bits per heavy atom. The van der Waals surface area contributed by atoms with Crippen LogP contribution in [0.2, 0.25) is 0 Å². The first-order valence-electron chi connectivity index (χ1n) is 11.0. The number of H-pyrrole nitrogens is 1. The fraction of sp³-hybridized carbons (Fsp3) is 0.111. The van der Waals surface area contributed by atoms with Gasteiger partial charge < -0.3 is 25.1 Å². The number of aromatic nitrogens is 2. The average Bonchev–Trinajstić information content (AvgIpc) is 3.27. The number of carbonyl (C=O) groups excluding carboxylic acids is 1. The Labute approximate surface area is 200 Å². The minimum Gasteiger partial charge on any atom is -0.494 e. The van der Waals surface area contributed by atoms with Crippen LogP contribution < -0.4 is 20.1 Å². The minimum absolute atomic E-state index is 0.209. The van der Waals surface area contributed by atoms with Crippen LogP contribution in [0.5, 0.6) is 11.5 Å². The van der Waals surface area contributed by atoms with E-state index < -0.39 is 5.91 Å². The standard InChI is InChI=1S/C27H23FN4O3/c1-34-23-12-7-13-24(35-2)26(23)32-27(33)21-14-17-16-8-3-5-10-19(16)31-25(17)22(30-21)15-29-20-11-6-4-9-18(20)28/h3-14,29,31H,15H2,1-2H3,(H,32,33). The third-order valence-corrected chi connectivity index (χ3v) is 5.79. The molecule has 0 bridgehead atoms. The van der Waals surface area contributed by atoms with Gasteiger partial charge in [0.25, 0.3) is 5.91 Å². The molecular weight excluding hydrogens is 447 g/mol. The number of para-hydroxylation sites is 3. The normalized spacial score (nSPS) is 10.9. The summed E-state index contributed by atoms with van der Waals surface area (Å²) in [7, 11) is 3.04. The second-order valence-electron chi connectivity index (χ2n) is 7.87. The van der Waals surface area contributed by atoms with Crippen molar-refractivity contribution in [3.63, 3.8) is 0 Å². The van der Waals surface area contributed by atoms with Gasteiger partial charge in [-0.05, 0) is 36.4 Å². The van der Waals surface area contributed by atoms with Gasteiger partial charge >= 0.3 is 0 Å². The third-order valence-electron chi connectivity index (χ3n) is 5.79. The molecule has 5 aromatic rings. The molecule has 0 atom stereocenters. The Balaban J connectivity index is 1.57. The number of hydrogen-bond acceptors (Lipinski definition) is 5. The summed E-state index contributed by atoms with van der Waals surface area (Å²) < 4.78 is 25.0. The highest BCUT2D eigenvalue weighted by molar-refractivity contribution is 6.12. The highest BCUT2D eigenvalue weighted by atomic mass is 19.1. The van der Waals surface area contributed by atoms with E-state index in [1.165, 1.54) is 20.3 Å². The number of methoxy groups -OCH3 is 2. The lowest BCUT2D eigenvalue weighted by Crippen LogP contribution is -2.16. The van der Waals surface area contributed by atoms with Crippen molar-refractivity contribution in [2.45, 2.75) is 6.54 Å². The molecule has 5 rings (SSSR count). The number of hydrogen-bond donors (Lipinski definition) is 3. The molecule has 0 aliphatic heterocycles. The first-order chi connectivity index (χ1) is 17.1. The maximum Gasteiger partial charge on any atom is 0.274 e. The monoisotopic (exact) mass is 470 g/mol. The second-order valence-corrected chi connectivity index (χ2v) is 7.87. The van der Waals surface area contributed by atoms with Crippen LogP contribution in [0.3, 0.4) is 0 Å². The topological polar surface area (TPSA) is 88.3 Å². The van der Waals surface area contributed by atoms with Crippen molar-refractivity contribution in [1.29, 1.82) is 0 Å². The minimum atomic E-state index is -0.424. The van der Waals surface area contributed by atoms with Gasteiger partial charge in [0.2, 0.25) is 0 Å².